The molecule has 0 heterocycles. The number of benzene rings is 2. The lowest BCUT2D eigenvalue weighted by Crippen LogP contribution is -2.21. The molecule has 1 unspecified atom stereocenters. The number of aliphatic hydroxyl groups excluding tert-OH is 1. The Hall–Kier alpha value is -1.55. The average Bonchev–Trinajstić information content (AvgIpc) is 2.48. The van der Waals surface area contributed by atoms with Crippen molar-refractivity contribution in [1.82, 2.24) is 5.32 Å². The maximum atomic E-state index is 10.0. The van der Waals surface area contributed by atoms with E-state index < -0.39 is 6.10 Å². The standard InChI is InChI=1S/C16H18ClNO2/c1-20-16-8-7-12(9-14(16)17)10-18-11-15(19)13-5-3-2-4-6-13/h2-9,15,18-19H,10-11H2,1H3. The van der Waals surface area contributed by atoms with Crippen molar-refractivity contribution in [3.05, 3.63) is 64.7 Å². The monoisotopic (exact) mass is 291 g/mol. The predicted octanol–water partition coefficient (Wildman–Crippen LogP) is 3.17. The van der Waals surface area contributed by atoms with Gasteiger partial charge in [0.25, 0.3) is 0 Å². The molecule has 0 amide bonds. The van der Waals surface area contributed by atoms with Gasteiger partial charge in [0.2, 0.25) is 0 Å². The highest BCUT2D eigenvalue weighted by Crippen LogP contribution is 2.24. The van der Waals surface area contributed by atoms with Crippen molar-refractivity contribution in [3.63, 3.8) is 0 Å². The highest BCUT2D eigenvalue weighted by molar-refractivity contribution is 6.32. The minimum absolute atomic E-state index is 0.494. The van der Waals surface area contributed by atoms with Crippen LogP contribution in [0, 0.1) is 0 Å². The molecule has 106 valence electrons. The molecule has 2 rings (SSSR count). The van der Waals surface area contributed by atoms with E-state index in [2.05, 4.69) is 5.32 Å². The lowest BCUT2D eigenvalue weighted by molar-refractivity contribution is 0.174. The van der Waals surface area contributed by atoms with Crippen LogP contribution in [0.15, 0.2) is 48.5 Å². The van der Waals surface area contributed by atoms with Gasteiger partial charge in [0, 0.05) is 13.1 Å². The Kier molecular flexibility index (Phi) is 5.41. The predicted molar refractivity (Wildman–Crippen MR) is 81.1 cm³/mol. The Labute approximate surface area is 124 Å². The van der Waals surface area contributed by atoms with Gasteiger partial charge in [-0.2, -0.15) is 0 Å². The third-order valence-electron chi connectivity index (χ3n) is 3.07. The van der Waals surface area contributed by atoms with Gasteiger partial charge in [-0.25, -0.2) is 0 Å². The van der Waals surface area contributed by atoms with Gasteiger partial charge in [-0.1, -0.05) is 48.0 Å². The molecule has 2 N–H and O–H groups in total. The zero-order chi connectivity index (χ0) is 14.4. The summed E-state index contributed by atoms with van der Waals surface area (Å²) in [7, 11) is 1.59. The molecule has 0 saturated heterocycles. The second-order valence-corrected chi connectivity index (χ2v) is 4.93. The summed E-state index contributed by atoms with van der Waals surface area (Å²) in [5.41, 5.74) is 1.96. The molecule has 0 fully saturated rings. The minimum atomic E-state index is -0.509. The molecule has 2 aromatic rings. The summed E-state index contributed by atoms with van der Waals surface area (Å²) in [5, 5.41) is 13.8. The first-order valence-electron chi connectivity index (χ1n) is 6.47. The molecule has 0 bridgehead atoms. The van der Waals surface area contributed by atoms with Crippen LogP contribution in [-0.2, 0) is 6.54 Å². The van der Waals surface area contributed by atoms with Crippen LogP contribution >= 0.6 is 11.6 Å². The first kappa shape index (κ1) is 14.9. The van der Waals surface area contributed by atoms with Crippen molar-refractivity contribution < 1.29 is 9.84 Å². The second-order valence-electron chi connectivity index (χ2n) is 4.53. The van der Waals surface area contributed by atoms with Crippen molar-refractivity contribution in [2.75, 3.05) is 13.7 Å². The highest BCUT2D eigenvalue weighted by Gasteiger charge is 2.06. The Morgan fingerprint density at radius 3 is 2.60 bits per heavy atom. The van der Waals surface area contributed by atoms with E-state index in [0.29, 0.717) is 23.9 Å². The fourth-order valence-electron chi connectivity index (χ4n) is 1.97. The molecule has 0 radical (unpaired) electrons. The van der Waals surface area contributed by atoms with Crippen LogP contribution < -0.4 is 10.1 Å². The summed E-state index contributed by atoms with van der Waals surface area (Å²) in [5.74, 6) is 0.666. The van der Waals surface area contributed by atoms with E-state index >= 15 is 0 Å². The van der Waals surface area contributed by atoms with E-state index in [1.807, 2.05) is 48.5 Å². The zero-order valence-electron chi connectivity index (χ0n) is 11.3. The van der Waals surface area contributed by atoms with Crippen LogP contribution in [0.4, 0.5) is 0 Å². The molecule has 3 nitrogen and oxygen atoms in total. The van der Waals surface area contributed by atoms with Crippen LogP contribution in [0.25, 0.3) is 0 Å². The summed E-state index contributed by atoms with van der Waals surface area (Å²) in [6.07, 6.45) is -0.509. The molecule has 0 aliphatic heterocycles. The van der Waals surface area contributed by atoms with Crippen LogP contribution in [0.2, 0.25) is 5.02 Å². The van der Waals surface area contributed by atoms with Gasteiger partial charge in [-0.3, -0.25) is 0 Å². The Morgan fingerprint density at radius 2 is 1.95 bits per heavy atom. The molecular formula is C16H18ClNO2. The molecule has 0 spiro atoms. The van der Waals surface area contributed by atoms with E-state index in [0.717, 1.165) is 11.1 Å². The first-order chi connectivity index (χ1) is 9.70. The number of rotatable bonds is 6. The van der Waals surface area contributed by atoms with E-state index in [9.17, 15) is 5.11 Å². The van der Waals surface area contributed by atoms with E-state index in [-0.39, 0.29) is 0 Å². The van der Waals surface area contributed by atoms with Crippen LogP contribution in [0.5, 0.6) is 5.75 Å². The quantitative estimate of drug-likeness (QED) is 0.859. The fraction of sp³-hybridized carbons (Fsp3) is 0.250. The molecule has 4 heteroatoms. The van der Waals surface area contributed by atoms with E-state index in [1.54, 1.807) is 7.11 Å². The molecule has 0 aliphatic carbocycles. The van der Waals surface area contributed by atoms with Crippen molar-refractivity contribution in [3.8, 4) is 5.75 Å². The van der Waals surface area contributed by atoms with Crippen LogP contribution in [0.3, 0.4) is 0 Å². The van der Waals surface area contributed by atoms with Crippen molar-refractivity contribution >= 4 is 11.6 Å². The Morgan fingerprint density at radius 1 is 1.20 bits per heavy atom. The van der Waals surface area contributed by atoms with Crippen molar-refractivity contribution in [1.29, 1.82) is 0 Å². The fourth-order valence-corrected chi connectivity index (χ4v) is 2.25. The molecule has 0 aromatic heterocycles. The first-order valence-corrected chi connectivity index (χ1v) is 6.84. The number of ether oxygens (including phenoxy) is 1. The lowest BCUT2D eigenvalue weighted by Gasteiger charge is -2.12. The van der Waals surface area contributed by atoms with Crippen molar-refractivity contribution in [2.24, 2.45) is 0 Å². The molecular weight excluding hydrogens is 274 g/mol. The minimum Gasteiger partial charge on any atom is -0.495 e. The summed E-state index contributed by atoms with van der Waals surface area (Å²) in [6.45, 7) is 1.14. The van der Waals surface area contributed by atoms with Gasteiger partial charge in [-0.15, -0.1) is 0 Å². The summed E-state index contributed by atoms with van der Waals surface area (Å²) >= 11 is 6.06. The van der Waals surface area contributed by atoms with Gasteiger partial charge in [0.1, 0.15) is 5.75 Å². The molecule has 2 aromatic carbocycles. The molecule has 20 heavy (non-hydrogen) atoms. The van der Waals surface area contributed by atoms with Gasteiger partial charge in [-0.05, 0) is 23.3 Å². The Bertz CT molecular complexity index is 545. The number of halogens is 1. The van der Waals surface area contributed by atoms with Gasteiger partial charge in [0.05, 0.1) is 18.2 Å². The second kappa shape index (κ2) is 7.29. The maximum absolute atomic E-state index is 10.0. The highest BCUT2D eigenvalue weighted by atomic mass is 35.5. The van der Waals surface area contributed by atoms with Gasteiger partial charge < -0.3 is 15.2 Å². The molecule has 1 atom stereocenters. The third-order valence-corrected chi connectivity index (χ3v) is 3.36. The van der Waals surface area contributed by atoms with Crippen LogP contribution in [-0.4, -0.2) is 18.8 Å². The molecule has 0 saturated carbocycles. The molecule has 0 aliphatic rings. The van der Waals surface area contributed by atoms with E-state index in [1.165, 1.54) is 0 Å². The SMILES string of the molecule is COc1ccc(CNCC(O)c2ccccc2)cc1Cl. The topological polar surface area (TPSA) is 41.5 Å². The number of nitrogens with one attached hydrogen (secondary N) is 1. The summed E-state index contributed by atoms with van der Waals surface area (Å²) in [6, 6.07) is 15.3. The van der Waals surface area contributed by atoms with Gasteiger partial charge in [0.15, 0.2) is 0 Å². The summed E-state index contributed by atoms with van der Waals surface area (Å²) in [4.78, 5) is 0. The smallest absolute Gasteiger partial charge is 0.137 e. The average molecular weight is 292 g/mol. The van der Waals surface area contributed by atoms with Gasteiger partial charge >= 0.3 is 0 Å². The lowest BCUT2D eigenvalue weighted by atomic mass is 10.1. The Balaban J connectivity index is 1.85. The van der Waals surface area contributed by atoms with E-state index in [4.69, 9.17) is 16.3 Å². The zero-order valence-corrected chi connectivity index (χ0v) is 12.1. The number of hydrogen-bond donors (Lipinski definition) is 2. The van der Waals surface area contributed by atoms with Crippen molar-refractivity contribution in [2.45, 2.75) is 12.6 Å². The third kappa shape index (κ3) is 3.97. The van der Waals surface area contributed by atoms with Crippen LogP contribution in [0.1, 0.15) is 17.2 Å². The number of methoxy groups -OCH3 is 1. The largest absolute Gasteiger partial charge is 0.495 e. The maximum Gasteiger partial charge on any atom is 0.137 e. The summed E-state index contributed by atoms with van der Waals surface area (Å²) < 4.78 is 5.11. The number of hydrogen-bond acceptors (Lipinski definition) is 3. The normalized spacial score (nSPS) is 12.2. The number of aliphatic hydroxyl groups is 1.